The molecule has 1 N–H and O–H groups in total. The molecule has 0 radical (unpaired) electrons. The standard InChI is InChI=1S/C27H33ClN6/c1-20-5-4-13-33(20)26-6-7-27(32-22(26)3)34-14-10-24(15-21(34)2)16-23-8-11-29-17-25(28)18-31-19-30-12-9-23/h6-7,10,14-15,17-19,23H,1-2,4-5,8-9,11-13,16H2,3H3,(H,30,31)/b25-18+,29-17?. The summed E-state index contributed by atoms with van der Waals surface area (Å²) in [4.78, 5) is 18.1. The summed E-state index contributed by atoms with van der Waals surface area (Å²) < 4.78 is 0. The van der Waals surface area contributed by atoms with Gasteiger partial charge in [-0.3, -0.25) is 9.98 Å². The third kappa shape index (κ3) is 6.06. The van der Waals surface area contributed by atoms with Crippen LogP contribution in [0.4, 0.5) is 11.5 Å². The van der Waals surface area contributed by atoms with E-state index < -0.39 is 0 Å². The highest BCUT2D eigenvalue weighted by Gasteiger charge is 2.21. The molecule has 1 saturated heterocycles. The molecule has 3 aliphatic heterocycles. The summed E-state index contributed by atoms with van der Waals surface area (Å²) in [6, 6.07) is 4.22. The van der Waals surface area contributed by atoms with Crippen molar-refractivity contribution in [2.45, 2.75) is 39.0 Å². The molecule has 1 aromatic rings. The molecule has 1 aromatic heterocycles. The highest BCUT2D eigenvalue weighted by Crippen LogP contribution is 2.33. The van der Waals surface area contributed by atoms with Gasteiger partial charge in [0.25, 0.3) is 0 Å². The van der Waals surface area contributed by atoms with Crippen molar-refractivity contribution in [1.82, 2.24) is 10.3 Å². The number of aromatic nitrogens is 1. The smallest absolute Gasteiger partial charge is 0.137 e. The number of halogens is 1. The van der Waals surface area contributed by atoms with Crippen LogP contribution in [0.15, 0.2) is 81.8 Å². The minimum absolute atomic E-state index is 0.486. The van der Waals surface area contributed by atoms with E-state index in [0.717, 1.165) is 74.6 Å². The fourth-order valence-corrected chi connectivity index (χ4v) is 4.68. The highest BCUT2D eigenvalue weighted by atomic mass is 35.5. The number of hydrogen-bond donors (Lipinski definition) is 1. The Kier molecular flexibility index (Phi) is 8.01. The second-order valence-electron chi connectivity index (χ2n) is 8.91. The number of hydrogen-bond acceptors (Lipinski definition) is 6. The largest absolute Gasteiger partial charge is 0.352 e. The van der Waals surface area contributed by atoms with E-state index >= 15 is 0 Å². The van der Waals surface area contributed by atoms with Crippen molar-refractivity contribution in [3.8, 4) is 0 Å². The van der Waals surface area contributed by atoms with E-state index in [1.54, 1.807) is 18.8 Å². The number of allylic oxidation sites excluding steroid dienone is 5. The molecule has 7 heteroatoms. The number of nitrogens with zero attached hydrogens (tertiary/aromatic N) is 5. The number of aliphatic imine (C=N–C) groups is 2. The van der Waals surface area contributed by atoms with Crippen LogP contribution in [-0.4, -0.2) is 37.2 Å². The normalized spacial score (nSPS) is 23.2. The van der Waals surface area contributed by atoms with Gasteiger partial charge in [-0.15, -0.1) is 0 Å². The molecule has 1 atom stereocenters. The minimum Gasteiger partial charge on any atom is -0.352 e. The van der Waals surface area contributed by atoms with Crippen molar-refractivity contribution in [3.63, 3.8) is 0 Å². The van der Waals surface area contributed by atoms with Gasteiger partial charge in [0.15, 0.2) is 0 Å². The Balaban J connectivity index is 1.40. The number of rotatable bonds is 4. The van der Waals surface area contributed by atoms with Crippen LogP contribution < -0.4 is 15.1 Å². The molecule has 0 amide bonds. The molecule has 0 bridgehead atoms. The molecule has 178 valence electrons. The lowest BCUT2D eigenvalue weighted by atomic mass is 9.91. The Morgan fingerprint density at radius 1 is 1.18 bits per heavy atom. The van der Waals surface area contributed by atoms with E-state index in [0.29, 0.717) is 11.0 Å². The first-order chi connectivity index (χ1) is 16.5. The van der Waals surface area contributed by atoms with Crippen LogP contribution in [0, 0.1) is 12.8 Å². The van der Waals surface area contributed by atoms with Crippen LogP contribution >= 0.6 is 11.6 Å². The van der Waals surface area contributed by atoms with Crippen molar-refractivity contribution >= 4 is 35.7 Å². The SMILES string of the molecule is C=C1C=C(CC2CCN=CN/C=C(/Cl)C=NCC2)C=CN1c1ccc(N2CCCC2=C)c(C)n1. The number of pyridine rings is 1. The Bertz CT molecular complexity index is 1080. The van der Waals surface area contributed by atoms with Crippen molar-refractivity contribution in [3.05, 3.63) is 77.5 Å². The first-order valence-corrected chi connectivity index (χ1v) is 12.3. The van der Waals surface area contributed by atoms with Crippen LogP contribution in [0.5, 0.6) is 0 Å². The fraction of sp³-hybridized carbons (Fsp3) is 0.370. The maximum atomic E-state index is 6.09. The summed E-state index contributed by atoms with van der Waals surface area (Å²) in [5.74, 6) is 1.37. The van der Waals surface area contributed by atoms with Crippen LogP contribution in [0.25, 0.3) is 0 Å². The Hall–Kier alpha value is -3.12. The van der Waals surface area contributed by atoms with Gasteiger partial charge in [-0.2, -0.15) is 0 Å². The molecular formula is C27H33ClN6. The van der Waals surface area contributed by atoms with E-state index in [9.17, 15) is 0 Å². The molecule has 1 fully saturated rings. The molecule has 0 aromatic carbocycles. The first kappa shape index (κ1) is 24.0. The lowest BCUT2D eigenvalue weighted by Crippen LogP contribution is -2.20. The molecule has 4 rings (SSSR count). The van der Waals surface area contributed by atoms with Crippen LogP contribution in [0.2, 0.25) is 0 Å². The number of anilines is 2. The highest BCUT2D eigenvalue weighted by molar-refractivity contribution is 6.39. The first-order valence-electron chi connectivity index (χ1n) is 11.9. The summed E-state index contributed by atoms with van der Waals surface area (Å²) in [6.07, 6.45) is 16.7. The molecule has 0 aliphatic carbocycles. The third-order valence-corrected chi connectivity index (χ3v) is 6.57. The Labute approximate surface area is 207 Å². The molecule has 6 nitrogen and oxygen atoms in total. The van der Waals surface area contributed by atoms with Crippen LogP contribution in [-0.2, 0) is 0 Å². The molecule has 34 heavy (non-hydrogen) atoms. The minimum atomic E-state index is 0.486. The zero-order valence-corrected chi connectivity index (χ0v) is 20.6. The van der Waals surface area contributed by atoms with Crippen LogP contribution in [0.3, 0.4) is 0 Å². The predicted molar refractivity (Wildman–Crippen MR) is 145 cm³/mol. The number of aryl methyl sites for hydroxylation is 1. The predicted octanol–water partition coefficient (Wildman–Crippen LogP) is 5.85. The fourth-order valence-electron chi connectivity index (χ4n) is 4.55. The summed E-state index contributed by atoms with van der Waals surface area (Å²) in [5, 5.41) is 3.54. The molecule has 1 unspecified atom stereocenters. The van der Waals surface area contributed by atoms with E-state index in [4.69, 9.17) is 16.6 Å². The van der Waals surface area contributed by atoms with Crippen LogP contribution in [0.1, 0.15) is 37.8 Å². The van der Waals surface area contributed by atoms with Crippen molar-refractivity contribution in [2.24, 2.45) is 15.9 Å². The van der Waals surface area contributed by atoms with Crippen molar-refractivity contribution in [1.29, 1.82) is 0 Å². The van der Waals surface area contributed by atoms with Gasteiger partial charge in [-0.25, -0.2) is 4.98 Å². The summed E-state index contributed by atoms with van der Waals surface area (Å²) in [7, 11) is 0. The maximum Gasteiger partial charge on any atom is 0.137 e. The Morgan fingerprint density at radius 2 is 2.00 bits per heavy atom. The summed E-state index contributed by atoms with van der Waals surface area (Å²) in [6.45, 7) is 13.1. The van der Waals surface area contributed by atoms with Gasteiger partial charge in [-0.1, -0.05) is 24.8 Å². The summed E-state index contributed by atoms with van der Waals surface area (Å²) in [5.41, 5.74) is 5.52. The molecule has 0 saturated carbocycles. The van der Waals surface area contributed by atoms with Gasteiger partial charge in [0.05, 0.1) is 22.8 Å². The van der Waals surface area contributed by atoms with Crippen molar-refractivity contribution in [2.75, 3.05) is 29.4 Å². The Morgan fingerprint density at radius 3 is 2.74 bits per heavy atom. The lowest BCUT2D eigenvalue weighted by Gasteiger charge is -2.27. The number of nitrogens with one attached hydrogen (secondary N) is 1. The van der Waals surface area contributed by atoms with Gasteiger partial charge >= 0.3 is 0 Å². The molecule has 4 heterocycles. The van der Waals surface area contributed by atoms with E-state index in [2.05, 4.69) is 75.7 Å². The van der Waals surface area contributed by atoms with Gasteiger partial charge in [0.1, 0.15) is 5.82 Å². The monoisotopic (exact) mass is 476 g/mol. The topological polar surface area (TPSA) is 56.1 Å². The second-order valence-corrected chi connectivity index (χ2v) is 9.34. The average molecular weight is 477 g/mol. The maximum absolute atomic E-state index is 6.09. The zero-order valence-electron chi connectivity index (χ0n) is 19.9. The quantitative estimate of drug-likeness (QED) is 0.592. The van der Waals surface area contributed by atoms with E-state index in [-0.39, 0.29) is 0 Å². The second kappa shape index (κ2) is 11.3. The summed E-state index contributed by atoms with van der Waals surface area (Å²) >= 11 is 6.09. The van der Waals surface area contributed by atoms with E-state index in [1.165, 1.54) is 11.3 Å². The van der Waals surface area contributed by atoms with Gasteiger partial charge in [0, 0.05) is 49.6 Å². The zero-order chi connectivity index (χ0) is 23.9. The average Bonchev–Trinajstić information content (AvgIpc) is 3.23. The molecular weight excluding hydrogens is 444 g/mol. The van der Waals surface area contributed by atoms with Gasteiger partial charge in [-0.05, 0) is 74.8 Å². The molecule has 0 spiro atoms. The van der Waals surface area contributed by atoms with Crippen molar-refractivity contribution < 1.29 is 0 Å². The lowest BCUT2D eigenvalue weighted by molar-refractivity contribution is 0.463. The van der Waals surface area contributed by atoms with E-state index in [1.807, 2.05) is 0 Å². The van der Waals surface area contributed by atoms with Gasteiger partial charge in [0.2, 0.25) is 0 Å². The molecule has 3 aliphatic rings. The van der Waals surface area contributed by atoms with Gasteiger partial charge < -0.3 is 15.1 Å². The third-order valence-electron chi connectivity index (χ3n) is 6.37.